The molecule has 0 N–H and O–H groups in total. The first-order valence-corrected chi connectivity index (χ1v) is 8.09. The fraction of sp³-hybridized carbons (Fsp3) is 0.368. The number of carbonyl (C=O) groups is 1. The molecule has 0 saturated carbocycles. The molecule has 128 valence electrons. The molecule has 5 nitrogen and oxygen atoms in total. The molecule has 0 aliphatic rings. The summed E-state index contributed by atoms with van der Waals surface area (Å²) in [6.07, 6.45) is 2.24. The van der Waals surface area contributed by atoms with Crippen molar-refractivity contribution >= 4 is 5.97 Å². The first-order chi connectivity index (χ1) is 11.6. The summed E-state index contributed by atoms with van der Waals surface area (Å²) in [6, 6.07) is 13.5. The van der Waals surface area contributed by atoms with Crippen molar-refractivity contribution in [3.8, 4) is 5.88 Å². The molecule has 24 heavy (non-hydrogen) atoms. The molecule has 5 heteroatoms. The molecule has 0 spiro atoms. The Morgan fingerprint density at radius 2 is 1.92 bits per heavy atom. The summed E-state index contributed by atoms with van der Waals surface area (Å²) in [5, 5.41) is 0. The summed E-state index contributed by atoms with van der Waals surface area (Å²) in [5.74, 6) is 0.124. The molecule has 2 rings (SSSR count). The van der Waals surface area contributed by atoms with Gasteiger partial charge in [0.05, 0.1) is 12.2 Å². The Morgan fingerprint density at radius 1 is 1.17 bits per heavy atom. The second-order valence-corrected chi connectivity index (χ2v) is 5.71. The van der Waals surface area contributed by atoms with Gasteiger partial charge in [-0.15, -0.1) is 0 Å². The van der Waals surface area contributed by atoms with Gasteiger partial charge in [0, 0.05) is 25.2 Å². The highest BCUT2D eigenvalue weighted by Crippen LogP contribution is 2.23. The maximum Gasteiger partial charge on any atom is 0.339 e. The summed E-state index contributed by atoms with van der Waals surface area (Å²) in [4.78, 5) is 18.0. The van der Waals surface area contributed by atoms with Crippen LogP contribution in [0.2, 0.25) is 0 Å². The number of benzene rings is 1. The van der Waals surface area contributed by atoms with Gasteiger partial charge in [-0.25, -0.2) is 9.78 Å². The van der Waals surface area contributed by atoms with Gasteiger partial charge in [0.1, 0.15) is 6.10 Å². The van der Waals surface area contributed by atoms with Gasteiger partial charge in [0.25, 0.3) is 0 Å². The van der Waals surface area contributed by atoms with Crippen LogP contribution in [0.15, 0.2) is 48.7 Å². The van der Waals surface area contributed by atoms with Gasteiger partial charge in [0.15, 0.2) is 0 Å². The lowest BCUT2D eigenvalue weighted by Crippen LogP contribution is -2.19. The van der Waals surface area contributed by atoms with Crippen molar-refractivity contribution in [1.29, 1.82) is 0 Å². The standard InChI is InChI=1S/C19H24N2O3/c1-4-23-19(22)16-10-11-18(20-14-16)24-17(12-13-21(2)3)15-8-6-5-7-9-15/h5-11,14,17H,4,12-13H2,1-3H3. The van der Waals surface area contributed by atoms with E-state index in [-0.39, 0.29) is 12.1 Å². The van der Waals surface area contributed by atoms with Gasteiger partial charge in [-0.2, -0.15) is 0 Å². The van der Waals surface area contributed by atoms with Crippen molar-refractivity contribution in [3.05, 3.63) is 59.8 Å². The third-order valence-corrected chi connectivity index (χ3v) is 3.52. The van der Waals surface area contributed by atoms with Gasteiger partial charge in [-0.3, -0.25) is 0 Å². The Hall–Kier alpha value is -2.40. The molecule has 0 bridgehead atoms. The van der Waals surface area contributed by atoms with E-state index in [0.717, 1.165) is 18.5 Å². The molecule has 0 saturated heterocycles. The zero-order valence-electron chi connectivity index (χ0n) is 14.4. The van der Waals surface area contributed by atoms with Crippen LogP contribution in [0.25, 0.3) is 0 Å². The van der Waals surface area contributed by atoms with Gasteiger partial charge in [-0.05, 0) is 32.6 Å². The quantitative estimate of drug-likeness (QED) is 0.696. The summed E-state index contributed by atoms with van der Waals surface area (Å²) in [7, 11) is 4.07. The fourth-order valence-electron chi connectivity index (χ4n) is 2.27. The average Bonchev–Trinajstić information content (AvgIpc) is 2.60. The van der Waals surface area contributed by atoms with E-state index < -0.39 is 0 Å². The Morgan fingerprint density at radius 3 is 2.50 bits per heavy atom. The molecule has 0 fully saturated rings. The number of pyridine rings is 1. The molecule has 1 aromatic heterocycles. The van der Waals surface area contributed by atoms with Crippen LogP contribution in [0, 0.1) is 0 Å². The molecule has 2 aromatic rings. The maximum absolute atomic E-state index is 11.7. The smallest absolute Gasteiger partial charge is 0.339 e. The normalized spacial score (nSPS) is 12.0. The summed E-state index contributed by atoms with van der Waals surface area (Å²) < 4.78 is 11.0. The molecule has 0 radical (unpaired) electrons. The zero-order valence-corrected chi connectivity index (χ0v) is 14.4. The number of hydrogen-bond donors (Lipinski definition) is 0. The van der Waals surface area contributed by atoms with E-state index in [1.54, 1.807) is 19.1 Å². The number of hydrogen-bond acceptors (Lipinski definition) is 5. The highest BCUT2D eigenvalue weighted by atomic mass is 16.5. The number of ether oxygens (including phenoxy) is 2. The molecular weight excluding hydrogens is 304 g/mol. The minimum absolute atomic E-state index is 0.0884. The van der Waals surface area contributed by atoms with Gasteiger partial charge in [-0.1, -0.05) is 30.3 Å². The van der Waals surface area contributed by atoms with Crippen molar-refractivity contribution < 1.29 is 14.3 Å². The van der Waals surface area contributed by atoms with E-state index in [0.29, 0.717) is 18.1 Å². The Bertz CT molecular complexity index is 627. The molecule has 0 aliphatic carbocycles. The summed E-state index contributed by atoms with van der Waals surface area (Å²) in [6.45, 7) is 3.02. The van der Waals surface area contributed by atoms with Gasteiger partial charge in [0.2, 0.25) is 5.88 Å². The fourth-order valence-corrected chi connectivity index (χ4v) is 2.27. The average molecular weight is 328 g/mol. The summed E-state index contributed by atoms with van der Waals surface area (Å²) in [5.41, 5.74) is 1.53. The zero-order chi connectivity index (χ0) is 17.4. The van der Waals surface area contributed by atoms with Crippen LogP contribution < -0.4 is 4.74 Å². The lowest BCUT2D eigenvalue weighted by Gasteiger charge is -2.21. The van der Waals surface area contributed by atoms with E-state index in [2.05, 4.69) is 9.88 Å². The van der Waals surface area contributed by atoms with E-state index in [4.69, 9.17) is 9.47 Å². The van der Waals surface area contributed by atoms with Crippen molar-refractivity contribution in [2.24, 2.45) is 0 Å². The summed E-state index contributed by atoms with van der Waals surface area (Å²) >= 11 is 0. The monoisotopic (exact) mass is 328 g/mol. The molecule has 1 heterocycles. The number of esters is 1. The van der Waals surface area contributed by atoms with E-state index in [9.17, 15) is 4.79 Å². The SMILES string of the molecule is CCOC(=O)c1ccc(OC(CCN(C)C)c2ccccc2)nc1. The largest absolute Gasteiger partial charge is 0.469 e. The van der Waals surface area contributed by atoms with Gasteiger partial charge >= 0.3 is 5.97 Å². The highest BCUT2D eigenvalue weighted by molar-refractivity contribution is 5.89. The van der Waals surface area contributed by atoms with Crippen molar-refractivity contribution in [1.82, 2.24) is 9.88 Å². The Kier molecular flexibility index (Phi) is 6.75. The molecule has 1 unspecified atom stereocenters. The molecule has 0 aliphatic heterocycles. The Labute approximate surface area is 143 Å². The van der Waals surface area contributed by atoms with E-state index in [1.807, 2.05) is 44.4 Å². The number of carbonyl (C=O) groups excluding carboxylic acids is 1. The first kappa shape index (κ1) is 17.9. The minimum atomic E-state index is -0.372. The van der Waals surface area contributed by atoms with Crippen LogP contribution in [0.3, 0.4) is 0 Å². The van der Waals surface area contributed by atoms with Crippen LogP contribution in [0.4, 0.5) is 0 Å². The van der Waals surface area contributed by atoms with Crippen molar-refractivity contribution in [3.63, 3.8) is 0 Å². The number of aromatic nitrogens is 1. The molecule has 1 atom stereocenters. The lowest BCUT2D eigenvalue weighted by molar-refractivity contribution is 0.0525. The van der Waals surface area contributed by atoms with Crippen LogP contribution in [0.1, 0.15) is 35.4 Å². The molecule has 1 aromatic carbocycles. The minimum Gasteiger partial charge on any atom is -0.469 e. The topological polar surface area (TPSA) is 51.7 Å². The van der Waals surface area contributed by atoms with Crippen LogP contribution in [0.5, 0.6) is 5.88 Å². The second kappa shape index (κ2) is 9.03. The van der Waals surface area contributed by atoms with Crippen molar-refractivity contribution in [2.45, 2.75) is 19.4 Å². The molecular formula is C19H24N2O3. The molecule has 0 amide bonds. The third-order valence-electron chi connectivity index (χ3n) is 3.52. The highest BCUT2D eigenvalue weighted by Gasteiger charge is 2.15. The van der Waals surface area contributed by atoms with Gasteiger partial charge < -0.3 is 14.4 Å². The number of nitrogens with zero attached hydrogens (tertiary/aromatic N) is 2. The van der Waals surface area contributed by atoms with Crippen LogP contribution in [-0.4, -0.2) is 43.1 Å². The van der Waals surface area contributed by atoms with Crippen LogP contribution >= 0.6 is 0 Å². The van der Waals surface area contributed by atoms with E-state index >= 15 is 0 Å². The van der Waals surface area contributed by atoms with Crippen LogP contribution in [-0.2, 0) is 4.74 Å². The van der Waals surface area contributed by atoms with Crippen molar-refractivity contribution in [2.75, 3.05) is 27.2 Å². The van der Waals surface area contributed by atoms with E-state index in [1.165, 1.54) is 6.20 Å². The second-order valence-electron chi connectivity index (χ2n) is 5.71. The third kappa shape index (κ3) is 5.35. The maximum atomic E-state index is 11.7. The predicted octanol–water partition coefficient (Wildman–Crippen LogP) is 3.33. The lowest BCUT2D eigenvalue weighted by atomic mass is 10.1. The first-order valence-electron chi connectivity index (χ1n) is 8.09. The number of rotatable bonds is 8. The predicted molar refractivity (Wildman–Crippen MR) is 93.2 cm³/mol. The Balaban J connectivity index is 2.09.